The summed E-state index contributed by atoms with van der Waals surface area (Å²) in [4.78, 5) is 28.5. The van der Waals surface area contributed by atoms with Crippen LogP contribution in [0.2, 0.25) is 5.02 Å². The summed E-state index contributed by atoms with van der Waals surface area (Å²) in [5.41, 5.74) is 0.368. The highest BCUT2D eigenvalue weighted by Gasteiger charge is 2.33. The van der Waals surface area contributed by atoms with Gasteiger partial charge in [0.15, 0.2) is 0 Å². The van der Waals surface area contributed by atoms with Gasteiger partial charge in [-0.05, 0) is 68.3 Å². The molecule has 42 heavy (non-hydrogen) atoms. The van der Waals surface area contributed by atoms with Gasteiger partial charge in [-0.25, -0.2) is 12.8 Å². The van der Waals surface area contributed by atoms with Gasteiger partial charge < -0.3 is 15.0 Å². The molecular formula is C31H35ClFN3O5S. The number of hydrogen-bond acceptors (Lipinski definition) is 5. The molecule has 4 rings (SSSR count). The molecular weight excluding hydrogens is 581 g/mol. The first-order chi connectivity index (χ1) is 20.1. The molecule has 1 aliphatic rings. The lowest BCUT2D eigenvalue weighted by Crippen LogP contribution is -2.53. The minimum atomic E-state index is -4.28. The molecule has 3 aromatic rings. The summed E-state index contributed by atoms with van der Waals surface area (Å²) in [5.74, 6) is -1.12. The Kier molecular flexibility index (Phi) is 10.5. The van der Waals surface area contributed by atoms with Crippen LogP contribution in [0.3, 0.4) is 0 Å². The van der Waals surface area contributed by atoms with Gasteiger partial charge in [-0.1, -0.05) is 55.1 Å². The van der Waals surface area contributed by atoms with Crippen molar-refractivity contribution in [3.8, 4) is 5.75 Å². The predicted molar refractivity (Wildman–Crippen MR) is 160 cm³/mol. The number of carbonyl (C=O) groups is 2. The number of nitrogens with one attached hydrogen (secondary N) is 1. The second-order valence-electron chi connectivity index (χ2n) is 10.3. The molecule has 2 amide bonds. The number of hydrogen-bond donors (Lipinski definition) is 1. The first-order valence-electron chi connectivity index (χ1n) is 13.9. The van der Waals surface area contributed by atoms with Gasteiger partial charge in [-0.3, -0.25) is 13.9 Å². The Balaban J connectivity index is 1.68. The number of nitrogens with zero attached hydrogens (tertiary/aromatic N) is 2. The Hall–Kier alpha value is -3.63. The van der Waals surface area contributed by atoms with Crippen LogP contribution in [0.25, 0.3) is 0 Å². The topological polar surface area (TPSA) is 96.0 Å². The monoisotopic (exact) mass is 615 g/mol. The Morgan fingerprint density at radius 1 is 1.02 bits per heavy atom. The highest BCUT2D eigenvalue weighted by Crippen LogP contribution is 2.28. The summed E-state index contributed by atoms with van der Waals surface area (Å²) in [6.07, 6.45) is 4.83. The number of ether oxygens (including phenoxy) is 1. The normalized spacial score (nSPS) is 14.6. The average molecular weight is 616 g/mol. The highest BCUT2D eigenvalue weighted by molar-refractivity contribution is 7.92. The molecule has 3 aromatic carbocycles. The lowest BCUT2D eigenvalue weighted by atomic mass is 9.95. The van der Waals surface area contributed by atoms with Crippen LogP contribution in [-0.4, -0.2) is 50.9 Å². The summed E-state index contributed by atoms with van der Waals surface area (Å²) in [6, 6.07) is 16.9. The first-order valence-corrected chi connectivity index (χ1v) is 15.7. The molecule has 1 unspecified atom stereocenters. The molecule has 1 fully saturated rings. The van der Waals surface area contributed by atoms with E-state index >= 15 is 0 Å². The van der Waals surface area contributed by atoms with Gasteiger partial charge in [0, 0.05) is 23.2 Å². The van der Waals surface area contributed by atoms with Crippen LogP contribution in [-0.2, 0) is 26.2 Å². The molecule has 224 valence electrons. The molecule has 0 heterocycles. The van der Waals surface area contributed by atoms with E-state index in [1.807, 2.05) is 0 Å². The molecule has 0 spiro atoms. The summed E-state index contributed by atoms with van der Waals surface area (Å²) in [6.45, 7) is 0.694. The third kappa shape index (κ3) is 7.60. The molecule has 11 heteroatoms. The number of amides is 2. The van der Waals surface area contributed by atoms with Crippen molar-refractivity contribution in [3.63, 3.8) is 0 Å². The Morgan fingerprint density at radius 2 is 1.71 bits per heavy atom. The van der Waals surface area contributed by atoms with E-state index in [0.29, 0.717) is 5.75 Å². The zero-order valence-electron chi connectivity index (χ0n) is 23.6. The molecule has 1 saturated carbocycles. The van der Waals surface area contributed by atoms with Crippen LogP contribution in [0.4, 0.5) is 10.1 Å². The van der Waals surface area contributed by atoms with Gasteiger partial charge in [0.1, 0.15) is 24.2 Å². The quantitative estimate of drug-likeness (QED) is 0.305. The van der Waals surface area contributed by atoms with Gasteiger partial charge >= 0.3 is 0 Å². The Morgan fingerprint density at radius 3 is 2.36 bits per heavy atom. The van der Waals surface area contributed by atoms with Crippen LogP contribution in [0, 0.1) is 5.82 Å². The van der Waals surface area contributed by atoms with E-state index in [1.54, 1.807) is 25.1 Å². The molecule has 0 saturated heterocycles. The van der Waals surface area contributed by atoms with Crippen molar-refractivity contribution in [2.75, 3.05) is 18.0 Å². The summed E-state index contributed by atoms with van der Waals surface area (Å²) in [5, 5.41) is 3.30. The molecule has 0 aromatic heterocycles. The zero-order chi connectivity index (χ0) is 30.3. The largest absolute Gasteiger partial charge is 0.497 e. The maximum atomic E-state index is 14.7. The van der Waals surface area contributed by atoms with E-state index in [9.17, 15) is 22.4 Å². The fraction of sp³-hybridized carbons (Fsp3) is 0.355. The van der Waals surface area contributed by atoms with E-state index in [0.717, 1.165) is 36.4 Å². The van der Waals surface area contributed by atoms with Crippen molar-refractivity contribution in [3.05, 3.63) is 89.2 Å². The van der Waals surface area contributed by atoms with Gasteiger partial charge in [-0.15, -0.1) is 0 Å². The Labute approximate surface area is 251 Å². The SMILES string of the molecule is COc1ccc(S(=O)(=O)N(CC(=O)N(Cc2ccccc2F)C(C)C(=O)NC2CCCCC2)c2cccc(Cl)c2)cc1. The van der Waals surface area contributed by atoms with Gasteiger partial charge in [0.05, 0.1) is 17.7 Å². The Bertz CT molecular complexity index is 1500. The summed E-state index contributed by atoms with van der Waals surface area (Å²) in [7, 11) is -2.81. The lowest BCUT2D eigenvalue weighted by Gasteiger charge is -2.33. The van der Waals surface area contributed by atoms with E-state index in [2.05, 4.69) is 5.32 Å². The van der Waals surface area contributed by atoms with Crippen LogP contribution >= 0.6 is 11.6 Å². The van der Waals surface area contributed by atoms with Crippen molar-refractivity contribution in [2.24, 2.45) is 0 Å². The second kappa shape index (κ2) is 14.0. The van der Waals surface area contributed by atoms with Crippen molar-refractivity contribution in [1.82, 2.24) is 10.2 Å². The van der Waals surface area contributed by atoms with Crippen LogP contribution < -0.4 is 14.4 Å². The third-order valence-electron chi connectivity index (χ3n) is 7.44. The lowest BCUT2D eigenvalue weighted by molar-refractivity contribution is -0.139. The van der Waals surface area contributed by atoms with Gasteiger partial charge in [-0.2, -0.15) is 0 Å². The molecule has 8 nitrogen and oxygen atoms in total. The fourth-order valence-corrected chi connectivity index (χ4v) is 6.59. The number of carbonyl (C=O) groups excluding carboxylic acids is 2. The zero-order valence-corrected chi connectivity index (χ0v) is 25.2. The smallest absolute Gasteiger partial charge is 0.264 e. The van der Waals surface area contributed by atoms with Crippen molar-refractivity contribution in [2.45, 2.75) is 62.6 Å². The van der Waals surface area contributed by atoms with Crippen LogP contribution in [0.5, 0.6) is 5.75 Å². The minimum Gasteiger partial charge on any atom is -0.497 e. The molecule has 0 bridgehead atoms. The first kappa shape index (κ1) is 31.3. The molecule has 1 atom stereocenters. The highest BCUT2D eigenvalue weighted by atomic mass is 35.5. The number of anilines is 1. The molecule has 1 aliphatic carbocycles. The summed E-state index contributed by atoms with van der Waals surface area (Å²) >= 11 is 6.21. The van der Waals surface area contributed by atoms with Gasteiger partial charge in [0.2, 0.25) is 11.8 Å². The number of rotatable bonds is 11. The molecule has 1 N–H and O–H groups in total. The number of benzene rings is 3. The van der Waals surface area contributed by atoms with Crippen molar-refractivity contribution < 1.29 is 27.1 Å². The standard InChI is InChI=1S/C31H35ClFN3O5S/c1-22(31(38)34-25-11-4-3-5-12-25)35(20-23-9-6-7-14-29(23)33)30(37)21-36(26-13-8-10-24(32)19-26)42(39,40)28-17-15-27(41-2)16-18-28/h6-10,13-19,22,25H,3-5,11-12,20-21H2,1-2H3,(H,34,38). The van der Waals surface area contributed by atoms with Crippen LogP contribution in [0.1, 0.15) is 44.6 Å². The van der Waals surface area contributed by atoms with E-state index in [-0.39, 0.29) is 39.7 Å². The molecule has 0 aliphatic heterocycles. The fourth-order valence-electron chi connectivity index (χ4n) is 5.00. The number of methoxy groups -OCH3 is 1. The molecule has 0 radical (unpaired) electrons. The minimum absolute atomic E-state index is 0.00229. The van der Waals surface area contributed by atoms with Crippen molar-refractivity contribution in [1.29, 1.82) is 0 Å². The summed E-state index contributed by atoms with van der Waals surface area (Å²) < 4.78 is 48.7. The third-order valence-corrected chi connectivity index (χ3v) is 9.46. The predicted octanol–water partition coefficient (Wildman–Crippen LogP) is 5.55. The number of halogens is 2. The van der Waals surface area contributed by atoms with Gasteiger partial charge in [0.25, 0.3) is 10.0 Å². The van der Waals surface area contributed by atoms with Crippen molar-refractivity contribution >= 4 is 39.1 Å². The van der Waals surface area contributed by atoms with Crippen LogP contribution in [0.15, 0.2) is 77.7 Å². The van der Waals surface area contributed by atoms with E-state index in [1.165, 1.54) is 66.6 Å². The van der Waals surface area contributed by atoms with E-state index in [4.69, 9.17) is 16.3 Å². The number of sulfonamides is 1. The second-order valence-corrected chi connectivity index (χ2v) is 12.6. The maximum Gasteiger partial charge on any atom is 0.264 e. The maximum absolute atomic E-state index is 14.7. The van der Waals surface area contributed by atoms with E-state index < -0.39 is 34.3 Å². The average Bonchev–Trinajstić information content (AvgIpc) is 2.99.